The maximum absolute atomic E-state index is 14.2. The van der Waals surface area contributed by atoms with E-state index in [1.807, 2.05) is 37.0 Å². The van der Waals surface area contributed by atoms with Crippen molar-refractivity contribution < 1.29 is 8.78 Å². The van der Waals surface area contributed by atoms with E-state index >= 15 is 0 Å². The van der Waals surface area contributed by atoms with Crippen molar-refractivity contribution in [2.75, 3.05) is 18.0 Å². The highest BCUT2D eigenvalue weighted by molar-refractivity contribution is 5.92. The molecule has 25 heavy (non-hydrogen) atoms. The molecule has 0 unspecified atom stereocenters. The average molecular weight is 342 g/mol. The molecule has 3 heterocycles. The van der Waals surface area contributed by atoms with Crippen molar-refractivity contribution >= 4 is 16.6 Å². The van der Waals surface area contributed by atoms with E-state index in [1.165, 1.54) is 6.07 Å². The molecule has 0 amide bonds. The lowest BCUT2D eigenvalue weighted by molar-refractivity contribution is 0.482. The number of aryl methyl sites for hydroxylation is 2. The predicted molar refractivity (Wildman–Crippen MR) is 93.8 cm³/mol. The Morgan fingerprint density at radius 1 is 1.20 bits per heavy atom. The van der Waals surface area contributed by atoms with E-state index in [0.29, 0.717) is 11.3 Å². The molecular weight excluding hydrogens is 322 g/mol. The van der Waals surface area contributed by atoms with Crippen LogP contribution >= 0.6 is 0 Å². The highest BCUT2D eigenvalue weighted by Crippen LogP contribution is 2.34. The summed E-state index contributed by atoms with van der Waals surface area (Å²) in [5.41, 5.74) is 1.81. The van der Waals surface area contributed by atoms with Gasteiger partial charge in [0.1, 0.15) is 17.2 Å². The number of rotatable bonds is 2. The van der Waals surface area contributed by atoms with Crippen molar-refractivity contribution in [3.8, 4) is 0 Å². The van der Waals surface area contributed by atoms with Gasteiger partial charge in [0.25, 0.3) is 0 Å². The number of pyridine rings is 1. The van der Waals surface area contributed by atoms with Crippen LogP contribution in [0.15, 0.2) is 30.6 Å². The number of anilines is 1. The van der Waals surface area contributed by atoms with Gasteiger partial charge in [0.2, 0.25) is 0 Å². The van der Waals surface area contributed by atoms with Gasteiger partial charge in [-0.1, -0.05) is 0 Å². The Labute approximate surface area is 145 Å². The number of piperidine rings is 1. The van der Waals surface area contributed by atoms with Crippen LogP contribution in [-0.2, 0) is 7.05 Å². The Kier molecular flexibility index (Phi) is 3.90. The third-order valence-corrected chi connectivity index (χ3v) is 4.92. The monoisotopic (exact) mass is 342 g/mol. The second-order valence-corrected chi connectivity index (χ2v) is 6.75. The van der Waals surface area contributed by atoms with Crippen molar-refractivity contribution in [1.29, 1.82) is 0 Å². The van der Waals surface area contributed by atoms with E-state index < -0.39 is 11.6 Å². The zero-order valence-corrected chi connectivity index (χ0v) is 14.3. The zero-order valence-electron chi connectivity index (χ0n) is 14.3. The molecule has 6 heteroatoms. The Morgan fingerprint density at radius 2 is 2.04 bits per heavy atom. The molecule has 0 N–H and O–H groups in total. The van der Waals surface area contributed by atoms with Crippen LogP contribution in [0.4, 0.5) is 14.5 Å². The van der Waals surface area contributed by atoms with Gasteiger partial charge in [-0.25, -0.2) is 18.7 Å². The highest BCUT2D eigenvalue weighted by atomic mass is 19.1. The first kappa shape index (κ1) is 16.0. The maximum atomic E-state index is 14.2. The molecular formula is C19H20F2N4. The lowest BCUT2D eigenvalue weighted by atomic mass is 9.96. The topological polar surface area (TPSA) is 34.0 Å². The van der Waals surface area contributed by atoms with Crippen molar-refractivity contribution in [1.82, 2.24) is 14.5 Å². The van der Waals surface area contributed by atoms with Gasteiger partial charge in [0, 0.05) is 61.3 Å². The molecule has 0 radical (unpaired) electrons. The number of nitrogens with zero attached hydrogens (tertiary/aromatic N) is 4. The minimum atomic E-state index is -0.613. The molecule has 0 aliphatic carbocycles. The number of fused-ring (bicyclic) bond motifs is 1. The quantitative estimate of drug-likeness (QED) is 0.707. The fraction of sp³-hybridized carbons (Fsp3) is 0.368. The summed E-state index contributed by atoms with van der Waals surface area (Å²) in [5, 5.41) is 0.531. The van der Waals surface area contributed by atoms with Crippen molar-refractivity contribution in [2.24, 2.45) is 7.05 Å². The number of benzene rings is 1. The Hall–Kier alpha value is -2.50. The van der Waals surface area contributed by atoms with E-state index in [2.05, 4.69) is 14.9 Å². The van der Waals surface area contributed by atoms with Gasteiger partial charge in [-0.05, 0) is 31.9 Å². The van der Waals surface area contributed by atoms with Crippen LogP contribution in [0.25, 0.3) is 10.9 Å². The number of imidazole rings is 1. The fourth-order valence-electron chi connectivity index (χ4n) is 3.80. The first-order valence-corrected chi connectivity index (χ1v) is 8.51. The normalized spacial score (nSPS) is 18.1. The Balaban J connectivity index is 1.77. The molecule has 4 rings (SSSR count). The van der Waals surface area contributed by atoms with Crippen molar-refractivity contribution in [3.05, 3.63) is 53.7 Å². The highest BCUT2D eigenvalue weighted by Gasteiger charge is 2.26. The molecule has 1 atom stereocenters. The summed E-state index contributed by atoms with van der Waals surface area (Å²) in [6.07, 6.45) is 5.83. The molecule has 1 aliphatic rings. The lowest BCUT2D eigenvalue weighted by Gasteiger charge is -2.35. The summed E-state index contributed by atoms with van der Waals surface area (Å²) >= 11 is 0. The van der Waals surface area contributed by atoms with Crippen molar-refractivity contribution in [3.63, 3.8) is 0 Å². The average Bonchev–Trinajstić information content (AvgIpc) is 3.01. The van der Waals surface area contributed by atoms with Gasteiger partial charge in [0.15, 0.2) is 5.82 Å². The smallest absolute Gasteiger partial charge is 0.152 e. The third-order valence-electron chi connectivity index (χ3n) is 4.92. The molecule has 1 saturated heterocycles. The van der Waals surface area contributed by atoms with Crippen LogP contribution in [-0.4, -0.2) is 27.6 Å². The molecule has 1 aliphatic heterocycles. The summed E-state index contributed by atoms with van der Waals surface area (Å²) in [4.78, 5) is 11.0. The van der Waals surface area contributed by atoms with Crippen LogP contribution < -0.4 is 4.90 Å². The minimum Gasteiger partial charge on any atom is -0.370 e. The summed E-state index contributed by atoms with van der Waals surface area (Å²) in [6, 6.07) is 4.19. The third kappa shape index (κ3) is 2.86. The molecule has 0 bridgehead atoms. The number of hydrogen-bond donors (Lipinski definition) is 0. The summed E-state index contributed by atoms with van der Waals surface area (Å²) in [6.45, 7) is 3.48. The fourth-order valence-corrected chi connectivity index (χ4v) is 3.80. The summed E-state index contributed by atoms with van der Waals surface area (Å²) in [7, 11) is 2.00. The molecule has 3 aromatic rings. The van der Waals surface area contributed by atoms with E-state index in [4.69, 9.17) is 0 Å². The van der Waals surface area contributed by atoms with Crippen LogP contribution in [0.5, 0.6) is 0 Å². The van der Waals surface area contributed by atoms with Gasteiger partial charge in [-0.2, -0.15) is 0 Å². The predicted octanol–water partition coefficient (Wildman–Crippen LogP) is 3.94. The van der Waals surface area contributed by atoms with E-state index in [9.17, 15) is 8.78 Å². The van der Waals surface area contributed by atoms with Crippen LogP contribution in [0.3, 0.4) is 0 Å². The number of hydrogen-bond acceptors (Lipinski definition) is 3. The molecule has 0 saturated carbocycles. The minimum absolute atomic E-state index is 0.232. The van der Waals surface area contributed by atoms with Gasteiger partial charge >= 0.3 is 0 Å². The van der Waals surface area contributed by atoms with Gasteiger partial charge < -0.3 is 9.47 Å². The van der Waals surface area contributed by atoms with E-state index in [0.717, 1.165) is 49.2 Å². The van der Waals surface area contributed by atoms with Crippen molar-refractivity contribution in [2.45, 2.75) is 25.7 Å². The largest absolute Gasteiger partial charge is 0.370 e. The van der Waals surface area contributed by atoms with Crippen LogP contribution in [0, 0.1) is 18.6 Å². The lowest BCUT2D eigenvalue weighted by Crippen LogP contribution is -2.35. The number of aromatic nitrogens is 3. The van der Waals surface area contributed by atoms with Gasteiger partial charge in [-0.15, -0.1) is 0 Å². The molecule has 0 spiro atoms. The molecule has 4 nitrogen and oxygen atoms in total. The standard InChI is InChI=1S/C19H20F2N4/c1-12-8-17(15-9-14(20)10-16(21)18(15)23-12)25-6-3-4-13(11-25)19-22-5-7-24(19)2/h5,7-10,13H,3-4,6,11H2,1-2H3/t13-/m0/s1. The van der Waals surface area contributed by atoms with Gasteiger partial charge in [0.05, 0.1) is 0 Å². The Morgan fingerprint density at radius 3 is 2.80 bits per heavy atom. The van der Waals surface area contributed by atoms with Gasteiger partial charge in [-0.3, -0.25) is 0 Å². The SMILES string of the molecule is Cc1cc(N2CCC[C@H](c3nccn3C)C2)c2cc(F)cc(F)c2n1. The second kappa shape index (κ2) is 6.10. The summed E-state index contributed by atoms with van der Waals surface area (Å²) < 4.78 is 30.0. The Bertz CT molecular complexity index is 935. The zero-order chi connectivity index (χ0) is 17.6. The maximum Gasteiger partial charge on any atom is 0.152 e. The number of halogens is 2. The second-order valence-electron chi connectivity index (χ2n) is 6.75. The van der Waals surface area contributed by atoms with Crippen LogP contribution in [0.1, 0.15) is 30.3 Å². The first-order valence-electron chi connectivity index (χ1n) is 8.51. The molecule has 130 valence electrons. The molecule has 1 fully saturated rings. The van der Waals surface area contributed by atoms with E-state index in [1.54, 1.807) is 0 Å². The van der Waals surface area contributed by atoms with E-state index in [-0.39, 0.29) is 5.52 Å². The molecule has 1 aromatic carbocycles. The molecule has 2 aromatic heterocycles. The summed E-state index contributed by atoms with van der Waals surface area (Å²) in [5.74, 6) is 0.167. The first-order chi connectivity index (χ1) is 12.0. The van der Waals surface area contributed by atoms with Crippen LogP contribution in [0.2, 0.25) is 0 Å².